The van der Waals surface area contributed by atoms with Crippen molar-refractivity contribution in [3.63, 3.8) is 0 Å². The van der Waals surface area contributed by atoms with Gasteiger partial charge in [-0.05, 0) is 59.6 Å². The van der Waals surface area contributed by atoms with E-state index in [1.807, 2.05) is 25.1 Å². The zero-order chi connectivity index (χ0) is 24.1. The SMILES string of the molecule is CCOC(=O)COc1c(Br)cc(C=NNC(=O)CCC(=O)Nc2ccccc2)cc1OCC. The number of hydrogen-bond acceptors (Lipinski definition) is 7. The fourth-order valence-corrected chi connectivity index (χ4v) is 3.18. The third kappa shape index (κ3) is 9.32. The number of nitrogens with zero attached hydrogens (tertiary/aromatic N) is 1. The summed E-state index contributed by atoms with van der Waals surface area (Å²) < 4.78 is 16.5. The van der Waals surface area contributed by atoms with Crippen LogP contribution < -0.4 is 20.2 Å². The summed E-state index contributed by atoms with van der Waals surface area (Å²) >= 11 is 3.40. The third-order valence-corrected chi connectivity index (χ3v) is 4.60. The number of amides is 2. The largest absolute Gasteiger partial charge is 0.490 e. The van der Waals surface area contributed by atoms with Gasteiger partial charge in [-0.25, -0.2) is 10.2 Å². The van der Waals surface area contributed by atoms with Crippen molar-refractivity contribution < 1.29 is 28.6 Å². The molecule has 2 aromatic carbocycles. The second kappa shape index (κ2) is 13.9. The smallest absolute Gasteiger partial charge is 0.344 e. The second-order valence-electron chi connectivity index (χ2n) is 6.56. The van der Waals surface area contributed by atoms with Crippen LogP contribution in [0, 0.1) is 0 Å². The van der Waals surface area contributed by atoms with E-state index in [-0.39, 0.29) is 32.0 Å². The molecule has 0 fully saturated rings. The average molecular weight is 520 g/mol. The lowest BCUT2D eigenvalue weighted by Gasteiger charge is -2.14. The number of halogens is 1. The Balaban J connectivity index is 1.90. The number of nitrogens with one attached hydrogen (secondary N) is 2. The summed E-state index contributed by atoms with van der Waals surface area (Å²) in [5, 5.41) is 6.64. The molecule has 2 aromatic rings. The molecule has 0 aromatic heterocycles. The standard InChI is InChI=1S/C23H26BrN3O6/c1-3-31-19-13-16(12-18(24)23(19)33-15-22(30)32-4-2)14-25-27-21(29)11-10-20(28)26-17-8-6-5-7-9-17/h5-9,12-14H,3-4,10-11,15H2,1-2H3,(H,26,28)(H,27,29). The summed E-state index contributed by atoms with van der Waals surface area (Å²) in [5.74, 6) is -0.383. The molecule has 2 amide bonds. The minimum Gasteiger partial charge on any atom is -0.490 e. The molecule has 176 valence electrons. The molecule has 0 radical (unpaired) electrons. The summed E-state index contributed by atoms with van der Waals surface area (Å²) in [5.41, 5.74) is 3.69. The maximum atomic E-state index is 12.0. The Hall–Kier alpha value is -3.40. The molecule has 0 atom stereocenters. The molecule has 0 aliphatic rings. The van der Waals surface area contributed by atoms with Crippen LogP contribution >= 0.6 is 15.9 Å². The Kier molecular flexibility index (Phi) is 10.9. The Morgan fingerprint density at radius 2 is 1.73 bits per heavy atom. The van der Waals surface area contributed by atoms with E-state index in [0.717, 1.165) is 0 Å². The number of esters is 1. The van der Waals surface area contributed by atoms with Gasteiger partial charge in [0.05, 0.1) is 23.9 Å². The minimum atomic E-state index is -0.488. The Bertz CT molecular complexity index is 982. The molecule has 0 saturated heterocycles. The number of rotatable bonds is 12. The molecular formula is C23H26BrN3O6. The molecule has 0 bridgehead atoms. The molecule has 0 aliphatic heterocycles. The summed E-state index contributed by atoms with van der Waals surface area (Å²) in [7, 11) is 0. The molecule has 33 heavy (non-hydrogen) atoms. The first kappa shape index (κ1) is 25.9. The first-order valence-electron chi connectivity index (χ1n) is 10.3. The van der Waals surface area contributed by atoms with Gasteiger partial charge in [-0.2, -0.15) is 5.10 Å². The van der Waals surface area contributed by atoms with Crippen molar-refractivity contribution in [2.75, 3.05) is 25.1 Å². The average Bonchev–Trinajstić information content (AvgIpc) is 2.78. The van der Waals surface area contributed by atoms with Crippen LogP contribution in [0.3, 0.4) is 0 Å². The van der Waals surface area contributed by atoms with Crippen LogP contribution in [0.2, 0.25) is 0 Å². The monoisotopic (exact) mass is 519 g/mol. The highest BCUT2D eigenvalue weighted by Gasteiger charge is 2.14. The quantitative estimate of drug-likeness (QED) is 0.251. The first-order valence-corrected chi connectivity index (χ1v) is 11.1. The van der Waals surface area contributed by atoms with Crippen LogP contribution in [0.25, 0.3) is 0 Å². The maximum absolute atomic E-state index is 12.0. The van der Waals surface area contributed by atoms with Crippen LogP contribution in [0.1, 0.15) is 32.3 Å². The van der Waals surface area contributed by atoms with Crippen molar-refractivity contribution in [3.05, 3.63) is 52.5 Å². The molecule has 2 N–H and O–H groups in total. The van der Waals surface area contributed by atoms with Crippen LogP contribution in [0.15, 0.2) is 52.0 Å². The van der Waals surface area contributed by atoms with Gasteiger partial charge in [0.15, 0.2) is 18.1 Å². The first-order chi connectivity index (χ1) is 15.9. The van der Waals surface area contributed by atoms with Crippen LogP contribution in [-0.4, -0.2) is 43.8 Å². The molecule has 0 aliphatic carbocycles. The summed E-state index contributed by atoms with van der Waals surface area (Å²) in [4.78, 5) is 35.5. The topological polar surface area (TPSA) is 115 Å². The molecule has 0 saturated carbocycles. The number of anilines is 1. The fourth-order valence-electron chi connectivity index (χ4n) is 2.61. The molecule has 0 unspecified atom stereocenters. The highest BCUT2D eigenvalue weighted by molar-refractivity contribution is 9.10. The van der Waals surface area contributed by atoms with Gasteiger partial charge >= 0.3 is 5.97 Å². The van der Waals surface area contributed by atoms with Crippen molar-refractivity contribution in [1.82, 2.24) is 5.43 Å². The molecule has 9 nitrogen and oxygen atoms in total. The third-order valence-electron chi connectivity index (χ3n) is 4.01. The Labute approximate surface area is 200 Å². The lowest BCUT2D eigenvalue weighted by atomic mass is 10.2. The Morgan fingerprint density at radius 3 is 2.42 bits per heavy atom. The van der Waals surface area contributed by atoms with E-state index in [9.17, 15) is 14.4 Å². The molecule has 0 spiro atoms. The van der Waals surface area contributed by atoms with Gasteiger partial charge in [-0.3, -0.25) is 9.59 Å². The summed E-state index contributed by atoms with van der Waals surface area (Å²) in [6.07, 6.45) is 1.46. The van der Waals surface area contributed by atoms with Crippen molar-refractivity contribution in [3.8, 4) is 11.5 Å². The molecular weight excluding hydrogens is 494 g/mol. The highest BCUT2D eigenvalue weighted by Crippen LogP contribution is 2.36. The van der Waals surface area contributed by atoms with E-state index in [1.54, 1.807) is 31.2 Å². The number of hydrazone groups is 1. The normalized spacial score (nSPS) is 10.5. The predicted molar refractivity (Wildman–Crippen MR) is 127 cm³/mol. The lowest BCUT2D eigenvalue weighted by molar-refractivity contribution is -0.145. The summed E-state index contributed by atoms with van der Waals surface area (Å²) in [6, 6.07) is 12.4. The van der Waals surface area contributed by atoms with Crippen molar-refractivity contribution in [2.45, 2.75) is 26.7 Å². The van der Waals surface area contributed by atoms with Crippen molar-refractivity contribution in [2.24, 2.45) is 5.10 Å². The Morgan fingerprint density at radius 1 is 1.00 bits per heavy atom. The van der Waals surface area contributed by atoms with Crippen LogP contribution in [0.4, 0.5) is 5.69 Å². The zero-order valence-electron chi connectivity index (χ0n) is 18.4. The lowest BCUT2D eigenvalue weighted by Crippen LogP contribution is -2.20. The van der Waals surface area contributed by atoms with E-state index in [2.05, 4.69) is 31.8 Å². The van der Waals surface area contributed by atoms with E-state index < -0.39 is 11.9 Å². The molecule has 0 heterocycles. The van der Waals surface area contributed by atoms with Gasteiger partial charge in [0.2, 0.25) is 11.8 Å². The number of hydrogen-bond donors (Lipinski definition) is 2. The maximum Gasteiger partial charge on any atom is 0.344 e. The van der Waals surface area contributed by atoms with E-state index in [0.29, 0.717) is 33.8 Å². The van der Waals surface area contributed by atoms with E-state index in [4.69, 9.17) is 14.2 Å². The van der Waals surface area contributed by atoms with Gasteiger partial charge in [0.25, 0.3) is 0 Å². The van der Waals surface area contributed by atoms with Crippen LogP contribution in [-0.2, 0) is 19.1 Å². The molecule has 10 heteroatoms. The zero-order valence-corrected chi connectivity index (χ0v) is 20.0. The van der Waals surface area contributed by atoms with E-state index >= 15 is 0 Å². The van der Waals surface area contributed by atoms with Gasteiger partial charge in [-0.1, -0.05) is 18.2 Å². The number of para-hydroxylation sites is 1. The van der Waals surface area contributed by atoms with Crippen molar-refractivity contribution in [1.29, 1.82) is 0 Å². The second-order valence-corrected chi connectivity index (χ2v) is 7.42. The van der Waals surface area contributed by atoms with Gasteiger partial charge < -0.3 is 19.5 Å². The van der Waals surface area contributed by atoms with Gasteiger partial charge in [-0.15, -0.1) is 0 Å². The number of ether oxygens (including phenoxy) is 3. The predicted octanol–water partition coefficient (Wildman–Crippen LogP) is 3.66. The van der Waals surface area contributed by atoms with Crippen molar-refractivity contribution >= 4 is 45.6 Å². The van der Waals surface area contributed by atoms with Crippen LogP contribution in [0.5, 0.6) is 11.5 Å². The number of carbonyl (C=O) groups is 3. The molecule has 2 rings (SSSR count). The highest BCUT2D eigenvalue weighted by atomic mass is 79.9. The fraction of sp³-hybridized carbons (Fsp3) is 0.304. The number of carbonyl (C=O) groups excluding carboxylic acids is 3. The van der Waals surface area contributed by atoms with Gasteiger partial charge in [0, 0.05) is 18.5 Å². The minimum absolute atomic E-state index is 0.00939. The number of benzene rings is 2. The van der Waals surface area contributed by atoms with E-state index in [1.165, 1.54) is 6.21 Å². The van der Waals surface area contributed by atoms with Gasteiger partial charge in [0.1, 0.15) is 0 Å². The summed E-state index contributed by atoms with van der Waals surface area (Å²) in [6.45, 7) is 3.92.